The molecule has 5 heteroatoms. The largest absolute Gasteiger partial charge is 0.459 e. The van der Waals surface area contributed by atoms with Gasteiger partial charge in [-0.15, -0.1) is 0 Å². The molecule has 3 N–H and O–H groups in total. The third kappa shape index (κ3) is 3.20. The second-order valence-corrected chi connectivity index (χ2v) is 4.05. The summed E-state index contributed by atoms with van der Waals surface area (Å²) in [6.07, 6.45) is 0. The average molecular weight is 244 g/mol. The highest BCUT2D eigenvalue weighted by atomic mass is 35.5. The van der Waals surface area contributed by atoms with Gasteiger partial charge in [0, 0.05) is 17.1 Å². The molecule has 1 aromatic rings. The molecular formula is C11H14ClNO3. The number of nitrogens with two attached hydrogens (primary N) is 1. The second-order valence-electron chi connectivity index (χ2n) is 3.65. The van der Waals surface area contributed by atoms with E-state index in [1.807, 2.05) is 0 Å². The van der Waals surface area contributed by atoms with E-state index in [1.54, 1.807) is 24.3 Å². The zero-order valence-corrected chi connectivity index (χ0v) is 9.70. The lowest BCUT2D eigenvalue weighted by Crippen LogP contribution is -2.43. The van der Waals surface area contributed by atoms with Gasteiger partial charge in [-0.25, -0.2) is 4.79 Å². The molecule has 0 amide bonds. The number of ether oxygens (including phenoxy) is 1. The highest BCUT2D eigenvalue weighted by molar-refractivity contribution is 6.31. The number of carbonyl (C=O) groups excluding carboxylic acids is 1. The van der Waals surface area contributed by atoms with Crippen LogP contribution in [0.1, 0.15) is 12.5 Å². The van der Waals surface area contributed by atoms with Crippen molar-refractivity contribution in [3.05, 3.63) is 34.9 Å². The first kappa shape index (κ1) is 13.0. The van der Waals surface area contributed by atoms with Gasteiger partial charge in [-0.3, -0.25) is 0 Å². The number of rotatable bonds is 4. The van der Waals surface area contributed by atoms with E-state index in [1.165, 1.54) is 6.92 Å². The van der Waals surface area contributed by atoms with Gasteiger partial charge in [0.1, 0.15) is 6.61 Å². The Hall–Kier alpha value is -1.10. The van der Waals surface area contributed by atoms with Crippen molar-refractivity contribution in [2.75, 3.05) is 6.54 Å². The van der Waals surface area contributed by atoms with E-state index in [0.29, 0.717) is 10.6 Å². The molecule has 0 aliphatic carbocycles. The predicted molar refractivity (Wildman–Crippen MR) is 60.9 cm³/mol. The molecule has 0 bridgehead atoms. The fraction of sp³-hybridized carbons (Fsp3) is 0.364. The lowest BCUT2D eigenvalue weighted by Gasteiger charge is -2.19. The molecule has 0 heterocycles. The smallest absolute Gasteiger partial charge is 0.339 e. The third-order valence-electron chi connectivity index (χ3n) is 2.15. The maximum absolute atomic E-state index is 11.4. The van der Waals surface area contributed by atoms with Gasteiger partial charge in [-0.05, 0) is 13.0 Å². The molecule has 4 nitrogen and oxygen atoms in total. The van der Waals surface area contributed by atoms with Crippen molar-refractivity contribution in [1.82, 2.24) is 0 Å². The average Bonchev–Trinajstić information content (AvgIpc) is 2.27. The number of esters is 1. The van der Waals surface area contributed by atoms with Gasteiger partial charge in [-0.2, -0.15) is 0 Å². The van der Waals surface area contributed by atoms with Crippen LogP contribution in [0.4, 0.5) is 0 Å². The van der Waals surface area contributed by atoms with Crippen LogP contribution in [-0.2, 0) is 16.1 Å². The quantitative estimate of drug-likeness (QED) is 0.777. The summed E-state index contributed by atoms with van der Waals surface area (Å²) in [5.41, 5.74) is 4.26. The first-order valence-corrected chi connectivity index (χ1v) is 5.18. The Morgan fingerprint density at radius 2 is 2.19 bits per heavy atom. The summed E-state index contributed by atoms with van der Waals surface area (Å²) >= 11 is 5.88. The van der Waals surface area contributed by atoms with E-state index in [9.17, 15) is 9.90 Å². The van der Waals surface area contributed by atoms with Crippen molar-refractivity contribution in [3.63, 3.8) is 0 Å². The Balaban J connectivity index is 2.59. The van der Waals surface area contributed by atoms with Gasteiger partial charge in [0.05, 0.1) is 0 Å². The van der Waals surface area contributed by atoms with Crippen LogP contribution in [0.3, 0.4) is 0 Å². The van der Waals surface area contributed by atoms with E-state index in [0.717, 1.165) is 0 Å². The molecule has 0 aliphatic rings. The number of carbonyl (C=O) groups is 1. The van der Waals surface area contributed by atoms with Crippen LogP contribution in [-0.4, -0.2) is 23.2 Å². The molecule has 1 aromatic carbocycles. The molecule has 0 fully saturated rings. The number of hydrogen-bond donors (Lipinski definition) is 2. The SMILES string of the molecule is CC(O)(CN)C(=O)OCc1ccccc1Cl. The van der Waals surface area contributed by atoms with E-state index < -0.39 is 11.6 Å². The zero-order chi connectivity index (χ0) is 12.2. The number of benzene rings is 1. The maximum atomic E-state index is 11.4. The summed E-state index contributed by atoms with van der Waals surface area (Å²) in [5.74, 6) is -0.755. The molecule has 0 aromatic heterocycles. The molecule has 0 radical (unpaired) electrons. The fourth-order valence-electron chi connectivity index (χ4n) is 0.998. The minimum Gasteiger partial charge on any atom is -0.459 e. The molecule has 88 valence electrons. The van der Waals surface area contributed by atoms with E-state index in [-0.39, 0.29) is 13.2 Å². The molecule has 0 saturated heterocycles. The number of halogens is 1. The van der Waals surface area contributed by atoms with E-state index >= 15 is 0 Å². The highest BCUT2D eigenvalue weighted by Gasteiger charge is 2.30. The summed E-state index contributed by atoms with van der Waals surface area (Å²) < 4.78 is 4.91. The summed E-state index contributed by atoms with van der Waals surface area (Å²) in [6, 6.07) is 7.01. The summed E-state index contributed by atoms with van der Waals surface area (Å²) in [6.45, 7) is 1.14. The molecule has 1 unspecified atom stereocenters. The zero-order valence-electron chi connectivity index (χ0n) is 8.94. The lowest BCUT2D eigenvalue weighted by molar-refractivity contribution is -0.164. The van der Waals surface area contributed by atoms with Gasteiger partial charge in [-0.1, -0.05) is 29.8 Å². The van der Waals surface area contributed by atoms with Crippen molar-refractivity contribution < 1.29 is 14.6 Å². The molecule has 0 saturated carbocycles. The topological polar surface area (TPSA) is 72.5 Å². The van der Waals surface area contributed by atoms with Gasteiger partial charge in [0.15, 0.2) is 5.60 Å². The van der Waals surface area contributed by atoms with Crippen LogP contribution in [0, 0.1) is 0 Å². The van der Waals surface area contributed by atoms with Gasteiger partial charge >= 0.3 is 5.97 Å². The van der Waals surface area contributed by atoms with Crippen LogP contribution in [0.15, 0.2) is 24.3 Å². The predicted octanol–water partition coefficient (Wildman–Crippen LogP) is 1.09. The summed E-state index contributed by atoms with van der Waals surface area (Å²) in [7, 11) is 0. The molecular weight excluding hydrogens is 230 g/mol. The van der Waals surface area contributed by atoms with E-state index in [2.05, 4.69) is 0 Å². The van der Waals surface area contributed by atoms with Crippen LogP contribution >= 0.6 is 11.6 Å². The molecule has 1 rings (SSSR count). The first-order valence-electron chi connectivity index (χ1n) is 4.80. The molecule has 16 heavy (non-hydrogen) atoms. The van der Waals surface area contributed by atoms with Gasteiger partial charge < -0.3 is 15.6 Å². The van der Waals surface area contributed by atoms with Crippen molar-refractivity contribution in [1.29, 1.82) is 0 Å². The second kappa shape index (κ2) is 5.30. The first-order chi connectivity index (χ1) is 7.47. The van der Waals surface area contributed by atoms with Crippen molar-refractivity contribution >= 4 is 17.6 Å². The normalized spacial score (nSPS) is 14.2. The fourth-order valence-corrected chi connectivity index (χ4v) is 1.19. The third-order valence-corrected chi connectivity index (χ3v) is 2.52. The van der Waals surface area contributed by atoms with Gasteiger partial charge in [0.2, 0.25) is 0 Å². The Bertz CT molecular complexity index is 379. The lowest BCUT2D eigenvalue weighted by atomic mass is 10.1. The Morgan fingerprint density at radius 3 is 2.75 bits per heavy atom. The van der Waals surface area contributed by atoms with Crippen LogP contribution in [0.5, 0.6) is 0 Å². The summed E-state index contributed by atoms with van der Waals surface area (Å²) in [5, 5.41) is 10.0. The minimum absolute atomic E-state index is 0.0225. The molecule has 0 spiro atoms. The van der Waals surface area contributed by atoms with Crippen LogP contribution < -0.4 is 5.73 Å². The number of aliphatic hydroxyl groups is 1. The minimum atomic E-state index is -1.65. The van der Waals surface area contributed by atoms with Crippen molar-refractivity contribution in [2.45, 2.75) is 19.1 Å². The highest BCUT2D eigenvalue weighted by Crippen LogP contribution is 2.16. The Labute approximate surface area is 99.0 Å². The Kier molecular flexibility index (Phi) is 4.29. The van der Waals surface area contributed by atoms with Crippen LogP contribution in [0.2, 0.25) is 5.02 Å². The molecule has 1 atom stereocenters. The molecule has 0 aliphatic heterocycles. The van der Waals surface area contributed by atoms with Gasteiger partial charge in [0.25, 0.3) is 0 Å². The Morgan fingerprint density at radius 1 is 1.56 bits per heavy atom. The monoisotopic (exact) mass is 243 g/mol. The maximum Gasteiger partial charge on any atom is 0.339 e. The number of hydrogen-bond acceptors (Lipinski definition) is 4. The van der Waals surface area contributed by atoms with Crippen molar-refractivity contribution in [2.24, 2.45) is 5.73 Å². The standard InChI is InChI=1S/C11H14ClNO3/c1-11(15,7-13)10(14)16-6-8-4-2-3-5-9(8)12/h2-5,15H,6-7,13H2,1H3. The van der Waals surface area contributed by atoms with Crippen molar-refractivity contribution in [3.8, 4) is 0 Å². The van der Waals surface area contributed by atoms with E-state index in [4.69, 9.17) is 22.1 Å². The van der Waals surface area contributed by atoms with Crippen LogP contribution in [0.25, 0.3) is 0 Å². The summed E-state index contributed by atoms with van der Waals surface area (Å²) in [4.78, 5) is 11.4.